The van der Waals surface area contributed by atoms with Gasteiger partial charge in [-0.1, -0.05) is 111 Å². The molecule has 0 aliphatic heterocycles. The molecule has 0 bridgehead atoms. The topological polar surface area (TPSA) is 159 Å². The molecule has 1 aromatic heterocycles. The van der Waals surface area contributed by atoms with Crippen molar-refractivity contribution in [2.45, 2.75) is 82.8 Å². The minimum atomic E-state index is -4.15. The van der Waals surface area contributed by atoms with Gasteiger partial charge in [0, 0.05) is 37.2 Å². The molecule has 0 aliphatic rings. The van der Waals surface area contributed by atoms with E-state index in [-0.39, 0.29) is 42.2 Å². The molecule has 1 atom stereocenters. The van der Waals surface area contributed by atoms with E-state index in [9.17, 15) is 27.9 Å². The van der Waals surface area contributed by atoms with Crippen LogP contribution in [0.2, 0.25) is 5.15 Å². The van der Waals surface area contributed by atoms with Crippen LogP contribution in [0, 0.1) is 5.92 Å². The fourth-order valence-corrected chi connectivity index (χ4v) is 7.84. The van der Waals surface area contributed by atoms with Gasteiger partial charge in [-0.15, -0.1) is 0 Å². The minimum absolute atomic E-state index is 0.00109. The summed E-state index contributed by atoms with van der Waals surface area (Å²) >= 11 is 10.6. The lowest BCUT2D eigenvalue weighted by Gasteiger charge is -2.14. The summed E-state index contributed by atoms with van der Waals surface area (Å²) in [4.78, 5) is 41.9. The van der Waals surface area contributed by atoms with Crippen LogP contribution in [0.4, 0.5) is 0 Å². The number of nitrogens with zero attached hydrogens (tertiary/aromatic N) is 2. The van der Waals surface area contributed by atoms with Crippen LogP contribution in [-0.2, 0) is 50.4 Å². The SMILES string of the molecule is CCCCc1nc(Cl)c(CO)n1Cc1ccc(-c2ccccc2S(=O)(=O)NC(=O)CCCCCCNC(=O)CNC(=O)C(CS)Cc2ccccc2)cc1. The normalized spacial score (nSPS) is 11.9. The molecule has 0 radical (unpaired) electrons. The van der Waals surface area contributed by atoms with Crippen LogP contribution in [0.1, 0.15) is 74.5 Å². The van der Waals surface area contributed by atoms with Gasteiger partial charge in [-0.05, 0) is 48.4 Å². The first-order chi connectivity index (χ1) is 26.1. The van der Waals surface area contributed by atoms with Crippen LogP contribution in [0.25, 0.3) is 11.1 Å². The van der Waals surface area contributed by atoms with Gasteiger partial charge >= 0.3 is 0 Å². The Labute approximate surface area is 328 Å². The first-order valence-corrected chi connectivity index (χ1v) is 20.8. The van der Waals surface area contributed by atoms with E-state index in [0.29, 0.717) is 66.5 Å². The van der Waals surface area contributed by atoms with E-state index in [2.05, 4.69) is 39.9 Å². The molecule has 11 nitrogen and oxygen atoms in total. The Morgan fingerprint density at radius 1 is 0.870 bits per heavy atom. The number of hydrogen-bond acceptors (Lipinski definition) is 8. The maximum Gasteiger partial charge on any atom is 0.264 e. The summed E-state index contributed by atoms with van der Waals surface area (Å²) in [5.41, 5.74) is 3.65. The molecule has 1 unspecified atom stereocenters. The Bertz CT molecular complexity index is 1940. The number of aliphatic hydroxyl groups is 1. The van der Waals surface area contributed by atoms with Crippen LogP contribution < -0.4 is 15.4 Å². The van der Waals surface area contributed by atoms with Crippen LogP contribution in [0.15, 0.2) is 83.8 Å². The maximum absolute atomic E-state index is 13.4. The monoisotopic (exact) mass is 795 g/mol. The van der Waals surface area contributed by atoms with Gasteiger partial charge in [0.15, 0.2) is 5.15 Å². The summed E-state index contributed by atoms with van der Waals surface area (Å²) in [7, 11) is -4.15. The van der Waals surface area contributed by atoms with Gasteiger partial charge in [-0.3, -0.25) is 14.4 Å². The van der Waals surface area contributed by atoms with Crippen molar-refractivity contribution < 1.29 is 27.9 Å². The molecule has 4 aromatic rings. The number of aliphatic hydroxyl groups excluding tert-OH is 1. The Balaban J connectivity index is 1.20. The molecular formula is C40H50ClN5O6S2. The number of thiol groups is 1. The molecule has 1 heterocycles. The Morgan fingerprint density at radius 2 is 1.57 bits per heavy atom. The molecule has 0 fully saturated rings. The lowest BCUT2D eigenvalue weighted by Crippen LogP contribution is -2.40. The van der Waals surface area contributed by atoms with Crippen molar-refractivity contribution >= 4 is 52.0 Å². The summed E-state index contributed by atoms with van der Waals surface area (Å²) in [6, 6.07) is 23.6. The standard InChI is InChI=1S/C40H50ClN5O6S2/c1-2-3-17-36-44-39(41)34(27-47)46(36)26-30-19-21-31(22-20-30)33-15-10-11-16-35(33)54(51,52)45-37(48)18-9-4-5-12-23-42-38(49)25-43-40(50)32(28-53)24-29-13-7-6-8-14-29/h6-8,10-11,13-16,19-22,32,47,53H,2-5,9,12,17-18,23-28H2,1H3,(H,42,49)(H,43,50)(H,45,48). The number of benzene rings is 3. The first-order valence-electron chi connectivity index (χ1n) is 18.3. The Hall–Kier alpha value is -4.17. The number of sulfonamides is 1. The molecule has 14 heteroatoms. The molecule has 0 saturated heterocycles. The van der Waals surface area contributed by atoms with Crippen LogP contribution in [0.5, 0.6) is 0 Å². The number of unbranched alkanes of at least 4 members (excludes halogenated alkanes) is 4. The second-order valence-corrected chi connectivity index (χ2v) is 15.5. The summed E-state index contributed by atoms with van der Waals surface area (Å²) in [6.07, 6.45) is 5.84. The molecular weight excluding hydrogens is 746 g/mol. The highest BCUT2D eigenvalue weighted by Gasteiger charge is 2.22. The number of aromatic nitrogens is 2. The number of carbonyl (C=O) groups excluding carboxylic acids is 3. The molecule has 290 valence electrons. The zero-order chi connectivity index (χ0) is 38.9. The summed E-state index contributed by atoms with van der Waals surface area (Å²) in [6.45, 7) is 2.62. The van der Waals surface area contributed by atoms with Crippen molar-refractivity contribution in [3.63, 3.8) is 0 Å². The fourth-order valence-electron chi connectivity index (χ4n) is 6.04. The summed E-state index contributed by atoms with van der Waals surface area (Å²) in [5, 5.41) is 15.7. The second kappa shape index (κ2) is 21.7. The lowest BCUT2D eigenvalue weighted by atomic mass is 10.0. The zero-order valence-electron chi connectivity index (χ0n) is 30.6. The number of imidazole rings is 1. The van der Waals surface area contributed by atoms with Crippen LogP contribution in [-0.4, -0.2) is 59.6 Å². The Morgan fingerprint density at radius 3 is 2.28 bits per heavy atom. The third kappa shape index (κ3) is 12.7. The predicted molar refractivity (Wildman–Crippen MR) is 215 cm³/mol. The van der Waals surface area contributed by atoms with E-state index in [1.807, 2.05) is 59.2 Å². The summed E-state index contributed by atoms with van der Waals surface area (Å²) in [5.74, 6) is -0.251. The smallest absolute Gasteiger partial charge is 0.264 e. The van der Waals surface area contributed by atoms with E-state index in [1.54, 1.807) is 18.2 Å². The zero-order valence-corrected chi connectivity index (χ0v) is 33.1. The number of aryl methyl sites for hydroxylation is 1. The maximum atomic E-state index is 13.4. The number of rotatable bonds is 22. The number of hydrogen-bond donors (Lipinski definition) is 5. The molecule has 54 heavy (non-hydrogen) atoms. The van der Waals surface area contributed by atoms with Crippen LogP contribution in [0.3, 0.4) is 0 Å². The largest absolute Gasteiger partial charge is 0.390 e. The van der Waals surface area contributed by atoms with Gasteiger partial charge in [0.05, 0.1) is 29.7 Å². The van der Waals surface area contributed by atoms with E-state index in [1.165, 1.54) is 6.07 Å². The second-order valence-electron chi connectivity index (χ2n) is 13.1. The average Bonchev–Trinajstić information content (AvgIpc) is 3.47. The lowest BCUT2D eigenvalue weighted by molar-refractivity contribution is -0.128. The van der Waals surface area contributed by atoms with Gasteiger partial charge in [0.2, 0.25) is 17.7 Å². The van der Waals surface area contributed by atoms with E-state index >= 15 is 0 Å². The number of carbonyl (C=O) groups is 3. The van der Waals surface area contributed by atoms with Crippen LogP contribution >= 0.6 is 24.2 Å². The Kier molecular flexibility index (Phi) is 17.1. The van der Waals surface area contributed by atoms with Crippen molar-refractivity contribution in [2.75, 3.05) is 18.8 Å². The quantitative estimate of drug-likeness (QED) is 0.0492. The van der Waals surface area contributed by atoms with Crippen molar-refractivity contribution in [1.82, 2.24) is 24.9 Å². The number of amides is 3. The molecule has 3 aromatic carbocycles. The van der Waals surface area contributed by atoms with Gasteiger partial charge in [0.25, 0.3) is 10.0 Å². The third-order valence-corrected chi connectivity index (χ3v) is 11.2. The molecule has 0 saturated carbocycles. The van der Waals surface area contributed by atoms with Crippen molar-refractivity contribution in [3.8, 4) is 11.1 Å². The highest BCUT2D eigenvalue weighted by atomic mass is 35.5. The molecule has 4 rings (SSSR count). The third-order valence-electron chi connectivity index (χ3n) is 9.03. The predicted octanol–water partition coefficient (Wildman–Crippen LogP) is 5.86. The number of nitrogens with one attached hydrogen (secondary N) is 3. The van der Waals surface area contributed by atoms with Gasteiger partial charge in [-0.25, -0.2) is 18.1 Å². The van der Waals surface area contributed by atoms with Crippen molar-refractivity contribution in [2.24, 2.45) is 5.92 Å². The molecule has 4 N–H and O–H groups in total. The van der Waals surface area contributed by atoms with E-state index < -0.39 is 15.9 Å². The van der Waals surface area contributed by atoms with Crippen molar-refractivity contribution in [1.29, 1.82) is 0 Å². The fraction of sp³-hybridized carbons (Fsp3) is 0.400. The van der Waals surface area contributed by atoms with E-state index in [0.717, 1.165) is 42.6 Å². The molecule has 0 spiro atoms. The van der Waals surface area contributed by atoms with Crippen molar-refractivity contribution in [3.05, 3.63) is 107 Å². The van der Waals surface area contributed by atoms with Gasteiger partial charge in [0.1, 0.15) is 5.82 Å². The first kappa shape index (κ1) is 42.6. The highest BCUT2D eigenvalue weighted by Crippen LogP contribution is 2.28. The molecule has 3 amide bonds. The van der Waals surface area contributed by atoms with Gasteiger partial charge < -0.3 is 20.3 Å². The highest BCUT2D eigenvalue weighted by molar-refractivity contribution is 7.90. The number of halogens is 1. The molecule has 0 aliphatic carbocycles. The summed E-state index contributed by atoms with van der Waals surface area (Å²) < 4.78 is 30.9. The van der Waals surface area contributed by atoms with Gasteiger partial charge in [-0.2, -0.15) is 12.6 Å². The average molecular weight is 796 g/mol. The van der Waals surface area contributed by atoms with E-state index in [4.69, 9.17) is 11.6 Å². The minimum Gasteiger partial charge on any atom is -0.390 e.